The van der Waals surface area contributed by atoms with Crippen LogP contribution in [0.5, 0.6) is 11.5 Å². The molecule has 0 amide bonds. The van der Waals surface area contributed by atoms with Crippen molar-refractivity contribution in [1.29, 1.82) is 0 Å². The molecular weight excluding hydrogens is 278 g/mol. The quantitative estimate of drug-likeness (QED) is 0.928. The van der Waals surface area contributed by atoms with Crippen LogP contribution >= 0.6 is 12.4 Å². The summed E-state index contributed by atoms with van der Waals surface area (Å²) in [5.74, 6) is 1.53. The molecule has 1 atom stereocenters. The summed E-state index contributed by atoms with van der Waals surface area (Å²) in [5.41, 5.74) is 0.893. The van der Waals surface area contributed by atoms with Gasteiger partial charge in [0, 0.05) is 6.54 Å². The molecule has 0 aliphatic carbocycles. The molecular formula is C15H24ClNO3. The molecule has 0 radical (unpaired) electrons. The molecule has 1 heterocycles. The monoisotopic (exact) mass is 301 g/mol. The third kappa shape index (κ3) is 4.85. The SMILES string of the molecule is CN(C)CCC(O)c1ccc2c(c1)OCCCCO2.Cl. The Hall–Kier alpha value is -0.970. The summed E-state index contributed by atoms with van der Waals surface area (Å²) in [7, 11) is 4.01. The molecule has 2 rings (SSSR count). The van der Waals surface area contributed by atoms with Gasteiger partial charge in [0.1, 0.15) is 0 Å². The number of hydrogen-bond donors (Lipinski definition) is 1. The molecule has 1 N–H and O–H groups in total. The zero-order chi connectivity index (χ0) is 13.7. The minimum Gasteiger partial charge on any atom is -0.490 e. The van der Waals surface area contributed by atoms with Crippen molar-refractivity contribution in [3.8, 4) is 11.5 Å². The largest absolute Gasteiger partial charge is 0.490 e. The van der Waals surface area contributed by atoms with Crippen molar-refractivity contribution < 1.29 is 14.6 Å². The summed E-state index contributed by atoms with van der Waals surface area (Å²) in [6.45, 7) is 2.31. The first-order valence-electron chi connectivity index (χ1n) is 6.89. The summed E-state index contributed by atoms with van der Waals surface area (Å²) in [6, 6.07) is 5.72. The highest BCUT2D eigenvalue weighted by Crippen LogP contribution is 2.32. The normalized spacial score (nSPS) is 16.0. The van der Waals surface area contributed by atoms with Gasteiger partial charge in [0.25, 0.3) is 0 Å². The average Bonchev–Trinajstić information content (AvgIpc) is 2.36. The van der Waals surface area contributed by atoms with E-state index < -0.39 is 6.10 Å². The molecule has 20 heavy (non-hydrogen) atoms. The van der Waals surface area contributed by atoms with Gasteiger partial charge in [0.05, 0.1) is 19.3 Å². The van der Waals surface area contributed by atoms with Crippen LogP contribution in [0.4, 0.5) is 0 Å². The predicted octanol–water partition coefficient (Wildman–Crippen LogP) is 2.64. The number of aliphatic hydroxyl groups is 1. The van der Waals surface area contributed by atoms with Gasteiger partial charge in [-0.25, -0.2) is 0 Å². The Morgan fingerprint density at radius 2 is 1.80 bits per heavy atom. The maximum Gasteiger partial charge on any atom is 0.161 e. The maximum absolute atomic E-state index is 10.2. The molecule has 0 aromatic heterocycles. The van der Waals surface area contributed by atoms with Crippen LogP contribution in [0.3, 0.4) is 0 Å². The molecule has 1 aliphatic rings. The highest BCUT2D eigenvalue weighted by molar-refractivity contribution is 5.85. The molecule has 0 saturated carbocycles. The number of aliphatic hydroxyl groups excluding tert-OH is 1. The van der Waals surface area contributed by atoms with Crippen molar-refractivity contribution in [2.75, 3.05) is 33.9 Å². The molecule has 4 nitrogen and oxygen atoms in total. The van der Waals surface area contributed by atoms with Crippen molar-refractivity contribution in [3.05, 3.63) is 23.8 Å². The van der Waals surface area contributed by atoms with Crippen LogP contribution < -0.4 is 9.47 Å². The lowest BCUT2D eigenvalue weighted by molar-refractivity contribution is 0.153. The number of hydrogen-bond acceptors (Lipinski definition) is 4. The third-order valence-corrected chi connectivity index (χ3v) is 3.26. The second-order valence-corrected chi connectivity index (χ2v) is 5.22. The zero-order valence-corrected chi connectivity index (χ0v) is 13.0. The van der Waals surface area contributed by atoms with E-state index in [4.69, 9.17) is 9.47 Å². The Morgan fingerprint density at radius 1 is 1.15 bits per heavy atom. The smallest absolute Gasteiger partial charge is 0.161 e. The zero-order valence-electron chi connectivity index (χ0n) is 12.2. The first-order valence-corrected chi connectivity index (χ1v) is 6.89. The minimum absolute atomic E-state index is 0. The van der Waals surface area contributed by atoms with Gasteiger partial charge in [-0.05, 0) is 51.1 Å². The lowest BCUT2D eigenvalue weighted by atomic mass is 10.1. The number of halogens is 1. The molecule has 0 bridgehead atoms. The lowest BCUT2D eigenvalue weighted by Gasteiger charge is -2.19. The van der Waals surface area contributed by atoms with Gasteiger partial charge in [0.15, 0.2) is 11.5 Å². The lowest BCUT2D eigenvalue weighted by Crippen LogP contribution is -2.16. The first-order chi connectivity index (χ1) is 9.16. The van der Waals surface area contributed by atoms with E-state index >= 15 is 0 Å². The second-order valence-electron chi connectivity index (χ2n) is 5.22. The van der Waals surface area contributed by atoms with Gasteiger partial charge in [-0.3, -0.25) is 0 Å². The van der Waals surface area contributed by atoms with E-state index in [1.165, 1.54) is 0 Å². The van der Waals surface area contributed by atoms with E-state index in [1.54, 1.807) is 0 Å². The van der Waals surface area contributed by atoms with Crippen molar-refractivity contribution in [1.82, 2.24) is 4.90 Å². The Kier molecular flexibility index (Phi) is 7.13. The van der Waals surface area contributed by atoms with E-state index in [0.29, 0.717) is 13.0 Å². The third-order valence-electron chi connectivity index (χ3n) is 3.26. The van der Waals surface area contributed by atoms with Crippen molar-refractivity contribution >= 4 is 12.4 Å². The highest BCUT2D eigenvalue weighted by Gasteiger charge is 2.14. The Morgan fingerprint density at radius 3 is 2.45 bits per heavy atom. The fraction of sp³-hybridized carbons (Fsp3) is 0.600. The van der Waals surface area contributed by atoms with Crippen LogP contribution in [0.25, 0.3) is 0 Å². The van der Waals surface area contributed by atoms with Crippen LogP contribution in [-0.4, -0.2) is 43.9 Å². The van der Waals surface area contributed by atoms with Gasteiger partial charge in [-0.1, -0.05) is 6.07 Å². The summed E-state index contributed by atoms with van der Waals surface area (Å²) in [5, 5.41) is 10.2. The van der Waals surface area contributed by atoms with Gasteiger partial charge in [-0.15, -0.1) is 12.4 Å². The average molecular weight is 302 g/mol. The van der Waals surface area contributed by atoms with E-state index in [2.05, 4.69) is 4.90 Å². The first kappa shape index (κ1) is 17.1. The molecule has 5 heteroatoms. The standard InChI is InChI=1S/C15H23NO3.ClH/c1-16(2)8-7-13(17)12-5-6-14-15(11-12)19-10-4-3-9-18-14;/h5-6,11,13,17H,3-4,7-10H2,1-2H3;1H. The van der Waals surface area contributed by atoms with Crippen LogP contribution in [0.1, 0.15) is 30.9 Å². The Balaban J connectivity index is 0.00000200. The van der Waals surface area contributed by atoms with Gasteiger partial charge < -0.3 is 19.5 Å². The van der Waals surface area contributed by atoms with E-state index in [-0.39, 0.29) is 12.4 Å². The van der Waals surface area contributed by atoms with Crippen LogP contribution in [0.2, 0.25) is 0 Å². The number of rotatable bonds is 4. The summed E-state index contributed by atoms with van der Waals surface area (Å²) < 4.78 is 11.3. The molecule has 0 fully saturated rings. The molecule has 1 aliphatic heterocycles. The van der Waals surface area contributed by atoms with Gasteiger partial charge >= 0.3 is 0 Å². The summed E-state index contributed by atoms with van der Waals surface area (Å²) in [4.78, 5) is 2.07. The van der Waals surface area contributed by atoms with E-state index in [9.17, 15) is 5.11 Å². The van der Waals surface area contributed by atoms with Gasteiger partial charge in [-0.2, -0.15) is 0 Å². The number of ether oxygens (including phenoxy) is 2. The number of fused-ring (bicyclic) bond motifs is 1. The number of nitrogens with zero attached hydrogens (tertiary/aromatic N) is 1. The fourth-order valence-electron chi connectivity index (χ4n) is 2.08. The fourth-order valence-corrected chi connectivity index (χ4v) is 2.08. The Bertz CT molecular complexity index is 412. The van der Waals surface area contributed by atoms with Crippen LogP contribution in [-0.2, 0) is 0 Å². The predicted molar refractivity (Wildman–Crippen MR) is 82.0 cm³/mol. The maximum atomic E-state index is 10.2. The Labute approximate surface area is 127 Å². The van der Waals surface area contributed by atoms with Crippen molar-refractivity contribution in [2.24, 2.45) is 0 Å². The molecule has 1 aromatic carbocycles. The topological polar surface area (TPSA) is 41.9 Å². The molecule has 0 saturated heterocycles. The molecule has 114 valence electrons. The second kappa shape index (κ2) is 8.35. The van der Waals surface area contributed by atoms with E-state index in [1.807, 2.05) is 32.3 Å². The van der Waals surface area contributed by atoms with Crippen molar-refractivity contribution in [3.63, 3.8) is 0 Å². The summed E-state index contributed by atoms with van der Waals surface area (Å²) >= 11 is 0. The van der Waals surface area contributed by atoms with Crippen LogP contribution in [0.15, 0.2) is 18.2 Å². The molecule has 1 unspecified atom stereocenters. The van der Waals surface area contributed by atoms with Crippen LogP contribution in [0, 0.1) is 0 Å². The van der Waals surface area contributed by atoms with Crippen molar-refractivity contribution in [2.45, 2.75) is 25.4 Å². The molecule has 1 aromatic rings. The minimum atomic E-state index is -0.457. The van der Waals surface area contributed by atoms with E-state index in [0.717, 1.165) is 43.1 Å². The van der Waals surface area contributed by atoms with Gasteiger partial charge in [0.2, 0.25) is 0 Å². The molecule has 0 spiro atoms. The highest BCUT2D eigenvalue weighted by atomic mass is 35.5. The number of benzene rings is 1. The summed E-state index contributed by atoms with van der Waals surface area (Å²) in [6.07, 6.45) is 2.29.